The Bertz CT molecular complexity index is 1270. The fourth-order valence-corrected chi connectivity index (χ4v) is 4.19. The summed E-state index contributed by atoms with van der Waals surface area (Å²) < 4.78 is 14.7. The van der Waals surface area contributed by atoms with Gasteiger partial charge in [0.25, 0.3) is 0 Å². The highest BCUT2D eigenvalue weighted by atomic mass is 19.1. The highest BCUT2D eigenvalue weighted by molar-refractivity contribution is 5.86. The van der Waals surface area contributed by atoms with E-state index in [0.717, 1.165) is 17.7 Å². The summed E-state index contributed by atoms with van der Waals surface area (Å²) in [6, 6.07) is 8.14. The highest BCUT2D eigenvalue weighted by Gasteiger charge is 2.40. The lowest BCUT2D eigenvalue weighted by Crippen LogP contribution is -2.63. The van der Waals surface area contributed by atoms with Gasteiger partial charge in [-0.2, -0.15) is 5.10 Å². The van der Waals surface area contributed by atoms with E-state index >= 15 is 0 Å². The lowest BCUT2D eigenvalue weighted by molar-refractivity contribution is -0.150. The summed E-state index contributed by atoms with van der Waals surface area (Å²) in [6.45, 7) is 15.5. The van der Waals surface area contributed by atoms with E-state index in [4.69, 9.17) is 0 Å². The standard InChI is InChI=1S/C17H16FN3O.C11H22N2O2/c1-17(2,3)14-8-15(11-4-6-12(18)7-5-11)20-21-9-13(10-22)19-16(14)21;1-10(2,15)8-13-7-6-12(5)11(3,4)9(13)14/h4-10H,1-3H3;15H,6-8H2,1-5H3. The second kappa shape index (κ2) is 10.3. The Morgan fingerprint density at radius 1 is 1.11 bits per heavy atom. The van der Waals surface area contributed by atoms with E-state index in [1.54, 1.807) is 41.6 Å². The Kier molecular flexibility index (Phi) is 7.91. The molecule has 0 radical (unpaired) electrons. The van der Waals surface area contributed by atoms with Crippen molar-refractivity contribution in [3.05, 3.63) is 53.6 Å². The van der Waals surface area contributed by atoms with E-state index < -0.39 is 11.1 Å². The van der Waals surface area contributed by atoms with Crippen LogP contribution in [-0.2, 0) is 10.2 Å². The zero-order valence-electron chi connectivity index (χ0n) is 23.0. The van der Waals surface area contributed by atoms with Crippen molar-refractivity contribution in [1.82, 2.24) is 24.4 Å². The first kappa shape index (κ1) is 28.4. The van der Waals surface area contributed by atoms with Crippen LogP contribution in [0.4, 0.5) is 4.39 Å². The smallest absolute Gasteiger partial charge is 0.242 e. The minimum atomic E-state index is -0.818. The van der Waals surface area contributed by atoms with Gasteiger partial charge >= 0.3 is 0 Å². The van der Waals surface area contributed by atoms with Crippen LogP contribution >= 0.6 is 0 Å². The SMILES string of the molecule is CC(C)(C)c1cc(-c2ccc(F)cc2)nn2cc(C=O)nc12.CN1CCN(CC(C)(C)O)C(=O)C1(C)C. The first-order valence-corrected chi connectivity index (χ1v) is 12.4. The molecule has 1 aliphatic rings. The molecule has 0 atom stereocenters. The monoisotopic (exact) mass is 511 g/mol. The first-order valence-electron chi connectivity index (χ1n) is 12.4. The van der Waals surface area contributed by atoms with E-state index in [1.165, 1.54) is 12.1 Å². The number of amides is 1. The van der Waals surface area contributed by atoms with Crippen LogP contribution in [0.2, 0.25) is 0 Å². The predicted octanol–water partition coefficient (Wildman–Crippen LogP) is 3.96. The van der Waals surface area contributed by atoms with E-state index in [9.17, 15) is 19.1 Å². The lowest BCUT2D eigenvalue weighted by Gasteiger charge is -2.45. The van der Waals surface area contributed by atoms with Crippen molar-refractivity contribution in [2.75, 3.05) is 26.7 Å². The third kappa shape index (κ3) is 6.59. The normalized spacial score (nSPS) is 16.5. The average Bonchev–Trinajstić information content (AvgIpc) is 3.22. The summed E-state index contributed by atoms with van der Waals surface area (Å²) in [5.41, 5.74) is 2.09. The lowest BCUT2D eigenvalue weighted by atomic mass is 9.87. The van der Waals surface area contributed by atoms with Gasteiger partial charge in [-0.1, -0.05) is 20.8 Å². The maximum Gasteiger partial charge on any atom is 0.242 e. The number of piperazine rings is 1. The summed E-state index contributed by atoms with van der Waals surface area (Å²) in [7, 11) is 1.96. The number of nitrogens with zero attached hydrogens (tertiary/aromatic N) is 5. The van der Waals surface area contributed by atoms with Crippen molar-refractivity contribution < 1.29 is 19.1 Å². The summed E-state index contributed by atoms with van der Waals surface area (Å²) >= 11 is 0. The molecule has 37 heavy (non-hydrogen) atoms. The number of halogens is 1. The second-order valence-corrected chi connectivity index (χ2v) is 11.8. The predicted molar refractivity (Wildman–Crippen MR) is 142 cm³/mol. The number of hydrogen-bond donors (Lipinski definition) is 1. The molecular formula is C28H38FN5O3. The molecule has 3 aromatic rings. The zero-order chi connectivity index (χ0) is 27.8. The molecule has 1 aromatic carbocycles. The van der Waals surface area contributed by atoms with Gasteiger partial charge in [0, 0.05) is 30.8 Å². The third-order valence-electron chi connectivity index (χ3n) is 6.56. The van der Waals surface area contributed by atoms with Gasteiger partial charge in [-0.3, -0.25) is 14.5 Å². The third-order valence-corrected chi connectivity index (χ3v) is 6.56. The van der Waals surface area contributed by atoms with E-state index in [1.807, 2.05) is 27.0 Å². The number of fused-ring (bicyclic) bond motifs is 1. The van der Waals surface area contributed by atoms with Gasteiger partial charge in [0.1, 0.15) is 11.5 Å². The number of carbonyl (C=O) groups excluding carboxylic acids is 2. The van der Waals surface area contributed by atoms with Crippen molar-refractivity contribution >= 4 is 17.8 Å². The molecule has 200 valence electrons. The van der Waals surface area contributed by atoms with Crippen LogP contribution in [0, 0.1) is 5.82 Å². The molecule has 0 aliphatic carbocycles. The molecule has 1 amide bonds. The van der Waals surface area contributed by atoms with E-state index in [0.29, 0.717) is 36.4 Å². The Hall–Kier alpha value is -3.17. The molecule has 1 aliphatic heterocycles. The van der Waals surface area contributed by atoms with Crippen molar-refractivity contribution in [2.24, 2.45) is 0 Å². The number of likely N-dealkylation sites (N-methyl/N-ethyl adjacent to an activating group) is 1. The zero-order valence-corrected chi connectivity index (χ0v) is 23.0. The van der Waals surface area contributed by atoms with Crippen LogP contribution < -0.4 is 0 Å². The number of aromatic nitrogens is 3. The van der Waals surface area contributed by atoms with E-state index in [2.05, 4.69) is 35.8 Å². The van der Waals surface area contributed by atoms with Crippen LogP contribution in [0.15, 0.2) is 36.5 Å². The molecular weight excluding hydrogens is 473 g/mol. The number of imidazole rings is 1. The molecule has 0 saturated carbocycles. The minimum Gasteiger partial charge on any atom is -0.389 e. The molecule has 1 saturated heterocycles. The largest absolute Gasteiger partial charge is 0.389 e. The van der Waals surface area contributed by atoms with Gasteiger partial charge in [0.05, 0.1) is 23.0 Å². The Labute approximate surface area is 218 Å². The Balaban J connectivity index is 0.000000222. The molecule has 0 spiro atoms. The minimum absolute atomic E-state index is 0.0957. The van der Waals surface area contributed by atoms with Crippen LogP contribution in [0.3, 0.4) is 0 Å². The molecule has 9 heteroatoms. The molecule has 0 unspecified atom stereocenters. The van der Waals surface area contributed by atoms with Gasteiger partial charge < -0.3 is 10.0 Å². The van der Waals surface area contributed by atoms with Crippen molar-refractivity contribution in [3.8, 4) is 11.3 Å². The van der Waals surface area contributed by atoms with Crippen LogP contribution in [0.1, 0.15) is 64.5 Å². The summed E-state index contributed by atoms with van der Waals surface area (Å²) in [5.74, 6) is -0.190. The fraction of sp³-hybridized carbons (Fsp3) is 0.500. The molecule has 0 bridgehead atoms. The number of carbonyl (C=O) groups is 2. The topological polar surface area (TPSA) is 91.0 Å². The van der Waals surface area contributed by atoms with Gasteiger partial charge in [-0.15, -0.1) is 0 Å². The molecule has 1 fully saturated rings. The van der Waals surface area contributed by atoms with Gasteiger partial charge in [-0.05, 0) is 70.5 Å². The number of aldehydes is 1. The fourth-order valence-electron chi connectivity index (χ4n) is 4.19. The number of benzene rings is 1. The number of aliphatic hydroxyl groups is 1. The quantitative estimate of drug-likeness (QED) is 0.534. The summed E-state index contributed by atoms with van der Waals surface area (Å²) in [5, 5.41) is 14.2. The molecule has 2 aromatic heterocycles. The molecule has 8 nitrogen and oxygen atoms in total. The summed E-state index contributed by atoms with van der Waals surface area (Å²) in [6.07, 6.45) is 2.31. The highest BCUT2D eigenvalue weighted by Crippen LogP contribution is 2.29. The van der Waals surface area contributed by atoms with Gasteiger partial charge in [-0.25, -0.2) is 13.9 Å². The number of hydrogen-bond acceptors (Lipinski definition) is 6. The van der Waals surface area contributed by atoms with Crippen molar-refractivity contribution in [1.29, 1.82) is 0 Å². The average molecular weight is 512 g/mol. The maximum absolute atomic E-state index is 13.1. The molecule has 4 rings (SSSR count). The molecule has 1 N–H and O–H groups in total. The van der Waals surface area contributed by atoms with Gasteiger partial charge in [0.15, 0.2) is 11.9 Å². The van der Waals surface area contributed by atoms with Crippen molar-refractivity contribution in [3.63, 3.8) is 0 Å². The first-order chi connectivity index (χ1) is 17.0. The van der Waals surface area contributed by atoms with Crippen LogP contribution in [0.25, 0.3) is 16.9 Å². The van der Waals surface area contributed by atoms with E-state index in [-0.39, 0.29) is 17.1 Å². The van der Waals surface area contributed by atoms with Crippen LogP contribution in [-0.4, -0.2) is 79.5 Å². The van der Waals surface area contributed by atoms with Crippen LogP contribution in [0.5, 0.6) is 0 Å². The summed E-state index contributed by atoms with van der Waals surface area (Å²) in [4.78, 5) is 31.2. The number of rotatable bonds is 4. The maximum atomic E-state index is 13.1. The molecule has 3 heterocycles. The number of β-amino-alcohol motifs (C(OH)–C–C–N with tert-alkyl or cyclic N) is 1. The Morgan fingerprint density at radius 3 is 2.27 bits per heavy atom. The Morgan fingerprint density at radius 2 is 1.73 bits per heavy atom. The van der Waals surface area contributed by atoms with Crippen molar-refractivity contribution in [2.45, 2.75) is 65.0 Å². The van der Waals surface area contributed by atoms with Gasteiger partial charge in [0.2, 0.25) is 5.91 Å². The second-order valence-electron chi connectivity index (χ2n) is 11.8.